The average molecular weight is 418 g/mol. The highest BCUT2D eigenvalue weighted by molar-refractivity contribution is 7.91. The van der Waals surface area contributed by atoms with E-state index < -0.39 is 21.0 Å². The molecule has 1 aromatic heterocycles. The smallest absolute Gasteiger partial charge is 0.252 e. The summed E-state index contributed by atoms with van der Waals surface area (Å²) in [5, 5.41) is 1.91. The molecule has 2 aromatic carbocycles. The first-order chi connectivity index (χ1) is 13.3. The first-order valence-electron chi connectivity index (χ1n) is 8.68. The second-order valence-corrected chi connectivity index (χ2v) is 9.01. The van der Waals surface area contributed by atoms with Gasteiger partial charge in [-0.1, -0.05) is 35.9 Å². The minimum absolute atomic E-state index is 0.146. The maximum atomic E-state index is 13.4. The van der Waals surface area contributed by atoms with Crippen LogP contribution in [0.15, 0.2) is 70.2 Å². The van der Waals surface area contributed by atoms with Crippen LogP contribution in [0.2, 0.25) is 5.02 Å². The van der Waals surface area contributed by atoms with Crippen molar-refractivity contribution in [2.75, 3.05) is 6.54 Å². The summed E-state index contributed by atoms with van der Waals surface area (Å²) in [5.41, 5.74) is 1.76. The molecule has 0 saturated carbocycles. The van der Waals surface area contributed by atoms with Gasteiger partial charge in [-0.15, -0.1) is 0 Å². The van der Waals surface area contributed by atoms with Gasteiger partial charge in [-0.05, 0) is 55.3 Å². The van der Waals surface area contributed by atoms with Gasteiger partial charge in [0, 0.05) is 6.54 Å². The number of furan rings is 1. The Morgan fingerprint density at radius 3 is 2.54 bits per heavy atom. The van der Waals surface area contributed by atoms with E-state index in [1.165, 1.54) is 6.26 Å². The molecule has 28 heavy (non-hydrogen) atoms. The predicted octanol–water partition coefficient (Wildman–Crippen LogP) is 4.49. The number of amides is 1. The fraction of sp³-hybridized carbons (Fsp3) is 0.190. The van der Waals surface area contributed by atoms with Gasteiger partial charge in [0.2, 0.25) is 0 Å². The highest BCUT2D eigenvalue weighted by Gasteiger charge is 2.33. The SMILES string of the molecule is Cc1ccc(C)c(S(=O)(=O)[C@@H](CNC(=O)c2ccccc2Cl)c2ccco2)c1. The number of hydrogen-bond acceptors (Lipinski definition) is 4. The van der Waals surface area contributed by atoms with E-state index in [4.69, 9.17) is 16.0 Å². The third-order valence-corrected chi connectivity index (χ3v) is 6.98. The molecule has 0 spiro atoms. The lowest BCUT2D eigenvalue weighted by Crippen LogP contribution is -2.32. The molecular formula is C21H20ClNO4S. The topological polar surface area (TPSA) is 76.4 Å². The van der Waals surface area contributed by atoms with Crippen molar-refractivity contribution in [3.63, 3.8) is 0 Å². The first kappa shape index (κ1) is 20.2. The van der Waals surface area contributed by atoms with Gasteiger partial charge in [-0.2, -0.15) is 0 Å². The summed E-state index contributed by atoms with van der Waals surface area (Å²) in [6.07, 6.45) is 1.41. The monoisotopic (exact) mass is 417 g/mol. The van der Waals surface area contributed by atoms with E-state index in [2.05, 4.69) is 5.32 Å². The van der Waals surface area contributed by atoms with E-state index in [1.54, 1.807) is 55.5 Å². The molecule has 3 aromatic rings. The number of benzene rings is 2. The zero-order valence-corrected chi connectivity index (χ0v) is 17.0. The highest BCUT2D eigenvalue weighted by atomic mass is 35.5. The number of halogens is 1. The summed E-state index contributed by atoms with van der Waals surface area (Å²) in [6.45, 7) is 3.43. The van der Waals surface area contributed by atoms with Crippen molar-refractivity contribution < 1.29 is 17.6 Å². The van der Waals surface area contributed by atoms with Gasteiger partial charge >= 0.3 is 0 Å². The maximum Gasteiger partial charge on any atom is 0.252 e. The van der Waals surface area contributed by atoms with Crippen LogP contribution in [0.3, 0.4) is 0 Å². The van der Waals surface area contributed by atoms with Gasteiger partial charge < -0.3 is 9.73 Å². The van der Waals surface area contributed by atoms with E-state index in [9.17, 15) is 13.2 Å². The van der Waals surface area contributed by atoms with Crippen LogP contribution in [0.5, 0.6) is 0 Å². The van der Waals surface area contributed by atoms with Gasteiger partial charge in [0.25, 0.3) is 5.91 Å². The number of nitrogens with one attached hydrogen (secondary N) is 1. The molecule has 5 nitrogen and oxygen atoms in total. The second kappa shape index (κ2) is 8.20. The van der Waals surface area contributed by atoms with Crippen LogP contribution in [0, 0.1) is 13.8 Å². The summed E-state index contributed by atoms with van der Waals surface area (Å²) >= 11 is 6.06. The molecule has 0 unspecified atom stereocenters. The standard InChI is InChI=1S/C21H20ClNO4S/c1-14-9-10-15(2)19(12-14)28(25,26)20(18-8-5-11-27-18)13-23-21(24)16-6-3-4-7-17(16)22/h3-12,20H,13H2,1-2H3,(H,23,24)/t20-/m0/s1. The number of rotatable bonds is 6. The Bertz CT molecular complexity index is 1090. The van der Waals surface area contributed by atoms with Crippen LogP contribution in [-0.2, 0) is 9.84 Å². The molecule has 0 radical (unpaired) electrons. The van der Waals surface area contributed by atoms with Crippen molar-refractivity contribution in [1.82, 2.24) is 5.32 Å². The minimum Gasteiger partial charge on any atom is -0.468 e. The lowest BCUT2D eigenvalue weighted by atomic mass is 10.2. The number of sulfone groups is 1. The molecule has 1 amide bonds. The molecule has 1 heterocycles. The van der Waals surface area contributed by atoms with E-state index in [1.807, 2.05) is 13.0 Å². The Hall–Kier alpha value is -2.57. The second-order valence-electron chi connectivity index (χ2n) is 6.51. The molecule has 1 N–H and O–H groups in total. The summed E-state index contributed by atoms with van der Waals surface area (Å²) in [6, 6.07) is 15.1. The molecule has 0 aliphatic heterocycles. The van der Waals surface area contributed by atoms with E-state index in [0.29, 0.717) is 10.6 Å². The molecule has 0 bridgehead atoms. The summed E-state index contributed by atoms with van der Waals surface area (Å²) in [7, 11) is -3.81. The van der Waals surface area contributed by atoms with Gasteiger partial charge in [0.1, 0.15) is 11.0 Å². The number of carbonyl (C=O) groups is 1. The minimum atomic E-state index is -3.81. The molecule has 1 atom stereocenters. The maximum absolute atomic E-state index is 13.4. The van der Waals surface area contributed by atoms with Crippen LogP contribution in [0.25, 0.3) is 0 Å². The highest BCUT2D eigenvalue weighted by Crippen LogP contribution is 2.31. The van der Waals surface area contributed by atoms with Crippen molar-refractivity contribution in [1.29, 1.82) is 0 Å². The van der Waals surface area contributed by atoms with Crippen molar-refractivity contribution in [2.24, 2.45) is 0 Å². The van der Waals surface area contributed by atoms with Gasteiger partial charge in [-0.3, -0.25) is 4.79 Å². The van der Waals surface area contributed by atoms with Crippen LogP contribution in [-0.4, -0.2) is 20.9 Å². The summed E-state index contributed by atoms with van der Waals surface area (Å²) in [4.78, 5) is 12.7. The zero-order chi connectivity index (χ0) is 20.3. The van der Waals surface area contributed by atoms with Crippen LogP contribution in [0.1, 0.15) is 32.5 Å². The largest absolute Gasteiger partial charge is 0.468 e. The Morgan fingerprint density at radius 1 is 1.11 bits per heavy atom. The van der Waals surface area contributed by atoms with Crippen molar-refractivity contribution >= 4 is 27.3 Å². The van der Waals surface area contributed by atoms with Gasteiger partial charge in [-0.25, -0.2) is 8.42 Å². The molecule has 7 heteroatoms. The molecule has 3 rings (SSSR count). The van der Waals surface area contributed by atoms with E-state index in [0.717, 1.165) is 5.56 Å². The number of aryl methyl sites for hydroxylation is 2. The van der Waals surface area contributed by atoms with E-state index in [-0.39, 0.29) is 22.8 Å². The van der Waals surface area contributed by atoms with Crippen LogP contribution in [0.4, 0.5) is 0 Å². The molecule has 0 saturated heterocycles. The average Bonchev–Trinajstić information content (AvgIpc) is 3.18. The van der Waals surface area contributed by atoms with Crippen molar-refractivity contribution in [3.05, 3.63) is 88.3 Å². The van der Waals surface area contributed by atoms with Crippen LogP contribution < -0.4 is 5.32 Å². The van der Waals surface area contributed by atoms with Gasteiger partial charge in [0.15, 0.2) is 9.84 Å². The van der Waals surface area contributed by atoms with Gasteiger partial charge in [0.05, 0.1) is 21.7 Å². The molecule has 0 fully saturated rings. The fourth-order valence-corrected chi connectivity index (χ4v) is 5.07. The zero-order valence-electron chi connectivity index (χ0n) is 15.5. The summed E-state index contributed by atoms with van der Waals surface area (Å²) < 4.78 is 32.1. The number of hydrogen-bond donors (Lipinski definition) is 1. The third kappa shape index (κ3) is 4.13. The lowest BCUT2D eigenvalue weighted by Gasteiger charge is -2.18. The van der Waals surface area contributed by atoms with Crippen molar-refractivity contribution in [3.8, 4) is 0 Å². The number of carbonyl (C=O) groups excluding carboxylic acids is 1. The normalized spacial score (nSPS) is 12.5. The van der Waals surface area contributed by atoms with Crippen LogP contribution >= 0.6 is 11.6 Å². The molecule has 146 valence electrons. The Labute approximate surface area is 169 Å². The molecule has 0 aliphatic carbocycles. The molecular weight excluding hydrogens is 398 g/mol. The summed E-state index contributed by atoms with van der Waals surface area (Å²) in [5.74, 6) is -0.182. The Balaban J connectivity index is 1.93. The van der Waals surface area contributed by atoms with E-state index >= 15 is 0 Å². The Kier molecular flexibility index (Phi) is 5.91. The van der Waals surface area contributed by atoms with Crippen molar-refractivity contribution in [2.45, 2.75) is 24.0 Å². The fourth-order valence-electron chi connectivity index (χ4n) is 2.93. The quantitative estimate of drug-likeness (QED) is 0.640. The lowest BCUT2D eigenvalue weighted by molar-refractivity contribution is 0.0953. The third-order valence-electron chi connectivity index (χ3n) is 4.45. The molecule has 0 aliphatic rings. The predicted molar refractivity (Wildman–Crippen MR) is 108 cm³/mol. The first-order valence-corrected chi connectivity index (χ1v) is 10.6. The Morgan fingerprint density at radius 2 is 1.86 bits per heavy atom.